The van der Waals surface area contributed by atoms with E-state index < -0.39 is 5.60 Å². The van der Waals surface area contributed by atoms with E-state index in [2.05, 4.69) is 31.9 Å². The third-order valence-corrected chi connectivity index (χ3v) is 5.38. The van der Waals surface area contributed by atoms with Crippen molar-refractivity contribution in [2.75, 3.05) is 37.4 Å². The first-order chi connectivity index (χ1) is 13.8. The maximum absolute atomic E-state index is 9.87. The average molecular weight is 398 g/mol. The molecule has 3 aliphatic heterocycles. The maximum Gasteiger partial charge on any atom is 0.217 e. The van der Waals surface area contributed by atoms with Crippen molar-refractivity contribution in [1.82, 2.24) is 14.9 Å². The highest BCUT2D eigenvalue weighted by Gasteiger charge is 2.44. The number of nitrogens with zero attached hydrogens (tertiary/aromatic N) is 4. The van der Waals surface area contributed by atoms with Crippen molar-refractivity contribution in [1.29, 1.82) is 0 Å². The number of piperazine rings is 1. The van der Waals surface area contributed by atoms with Crippen LogP contribution in [-0.2, 0) is 6.54 Å². The molecular weight excluding hydrogens is 370 g/mol. The molecule has 155 valence electrons. The standard InChI is InChI=1S/C21H28N5O3/c1-21(2,27)13-29-20-8-15(7-18(22)24-20)25-11-16-6-17(12-25)26(16)10-14-4-5-19(28-3)23-9-14/h4-5,8-9,16-17,27H,6,10-13H2,1-3H3,(H2,22,24). The SMILES string of the molecule is COc1ccc(CN2C3CC2CN(c2[c]c(N)nc(OCC(C)(C)O)c2)C3)cn1. The lowest BCUT2D eigenvalue weighted by molar-refractivity contribution is -0.00856. The molecule has 29 heavy (non-hydrogen) atoms. The van der Waals surface area contributed by atoms with E-state index in [1.165, 1.54) is 12.0 Å². The van der Waals surface area contributed by atoms with Gasteiger partial charge in [0.1, 0.15) is 12.4 Å². The van der Waals surface area contributed by atoms with E-state index in [0.717, 1.165) is 25.3 Å². The van der Waals surface area contributed by atoms with Gasteiger partial charge in [-0.1, -0.05) is 6.07 Å². The fourth-order valence-corrected chi connectivity index (χ4v) is 3.94. The van der Waals surface area contributed by atoms with Gasteiger partial charge in [0.15, 0.2) is 0 Å². The van der Waals surface area contributed by atoms with Gasteiger partial charge < -0.3 is 25.2 Å². The van der Waals surface area contributed by atoms with E-state index in [-0.39, 0.29) is 6.61 Å². The van der Waals surface area contributed by atoms with Crippen LogP contribution in [-0.4, -0.2) is 64.5 Å². The van der Waals surface area contributed by atoms with E-state index in [1.807, 2.05) is 18.3 Å². The van der Waals surface area contributed by atoms with Crippen molar-refractivity contribution in [3.05, 3.63) is 36.0 Å². The van der Waals surface area contributed by atoms with E-state index in [9.17, 15) is 5.11 Å². The van der Waals surface area contributed by atoms with E-state index in [1.54, 1.807) is 21.0 Å². The summed E-state index contributed by atoms with van der Waals surface area (Å²) in [4.78, 5) is 13.3. The smallest absolute Gasteiger partial charge is 0.217 e. The molecule has 8 nitrogen and oxygen atoms in total. The van der Waals surface area contributed by atoms with Crippen molar-refractivity contribution < 1.29 is 14.6 Å². The fraction of sp³-hybridized carbons (Fsp3) is 0.524. The summed E-state index contributed by atoms with van der Waals surface area (Å²) in [5.41, 5.74) is 7.09. The minimum atomic E-state index is -0.931. The van der Waals surface area contributed by atoms with Gasteiger partial charge in [0.25, 0.3) is 0 Å². The Morgan fingerprint density at radius 1 is 1.28 bits per heavy atom. The fourth-order valence-electron chi connectivity index (χ4n) is 3.94. The predicted molar refractivity (Wildman–Crippen MR) is 110 cm³/mol. The molecule has 2 aromatic rings. The van der Waals surface area contributed by atoms with E-state index in [0.29, 0.717) is 29.7 Å². The number of hydrogen-bond acceptors (Lipinski definition) is 8. The topological polar surface area (TPSA) is 97.0 Å². The molecule has 0 amide bonds. The van der Waals surface area contributed by atoms with Gasteiger partial charge in [0.05, 0.1) is 24.5 Å². The Hall–Kier alpha value is -2.58. The first-order valence-electron chi connectivity index (χ1n) is 9.85. The second kappa shape index (κ2) is 7.68. The summed E-state index contributed by atoms with van der Waals surface area (Å²) in [6, 6.07) is 9.94. The molecule has 2 unspecified atom stereocenters. The van der Waals surface area contributed by atoms with Gasteiger partial charge in [0.2, 0.25) is 11.8 Å². The third kappa shape index (κ3) is 4.54. The molecule has 8 heteroatoms. The summed E-state index contributed by atoms with van der Waals surface area (Å²) in [7, 11) is 1.63. The molecule has 5 rings (SSSR count). The van der Waals surface area contributed by atoms with Crippen LogP contribution in [0, 0.1) is 6.07 Å². The zero-order valence-electron chi connectivity index (χ0n) is 17.1. The van der Waals surface area contributed by atoms with Crippen LogP contribution < -0.4 is 20.1 Å². The first-order valence-corrected chi connectivity index (χ1v) is 9.85. The number of pyridine rings is 2. The molecule has 2 bridgehead atoms. The quantitative estimate of drug-likeness (QED) is 0.724. The number of fused-ring (bicyclic) bond motifs is 2. The number of methoxy groups -OCH3 is 1. The predicted octanol–water partition coefficient (Wildman–Crippen LogP) is 1.48. The lowest BCUT2D eigenvalue weighted by Crippen LogP contribution is -2.68. The summed E-state index contributed by atoms with van der Waals surface area (Å²) in [6.07, 6.45) is 3.08. The van der Waals surface area contributed by atoms with Crippen LogP contribution in [0.5, 0.6) is 11.8 Å². The number of nitrogens with two attached hydrogens (primary N) is 1. The number of anilines is 2. The van der Waals surface area contributed by atoms with E-state index >= 15 is 0 Å². The Morgan fingerprint density at radius 3 is 2.66 bits per heavy atom. The highest BCUT2D eigenvalue weighted by molar-refractivity contribution is 5.55. The van der Waals surface area contributed by atoms with Crippen molar-refractivity contribution in [3.8, 4) is 11.8 Å². The van der Waals surface area contributed by atoms with Crippen LogP contribution in [0.3, 0.4) is 0 Å². The third-order valence-electron chi connectivity index (χ3n) is 5.38. The summed E-state index contributed by atoms with van der Waals surface area (Å²) in [5.74, 6) is 1.35. The van der Waals surface area contributed by atoms with Crippen LogP contribution in [0.4, 0.5) is 11.5 Å². The molecule has 2 aromatic heterocycles. The van der Waals surface area contributed by atoms with Gasteiger partial charge >= 0.3 is 0 Å². The second-order valence-corrected chi connectivity index (χ2v) is 8.42. The summed E-state index contributed by atoms with van der Waals surface area (Å²) in [6.45, 7) is 6.24. The summed E-state index contributed by atoms with van der Waals surface area (Å²) < 4.78 is 10.8. The molecule has 0 aromatic carbocycles. The molecule has 3 saturated heterocycles. The van der Waals surface area contributed by atoms with Crippen molar-refractivity contribution in [2.45, 2.75) is 44.5 Å². The van der Waals surface area contributed by atoms with Crippen molar-refractivity contribution in [3.63, 3.8) is 0 Å². The van der Waals surface area contributed by atoms with Crippen LogP contribution in [0.1, 0.15) is 25.8 Å². The number of ether oxygens (including phenoxy) is 2. The zero-order valence-corrected chi connectivity index (χ0v) is 17.1. The summed E-state index contributed by atoms with van der Waals surface area (Å²) in [5, 5.41) is 9.87. The van der Waals surface area contributed by atoms with Gasteiger partial charge in [0, 0.05) is 50.0 Å². The molecule has 0 saturated carbocycles. The Labute approximate surface area is 171 Å². The normalized spacial score (nSPS) is 21.6. The molecule has 0 spiro atoms. The number of rotatable bonds is 7. The van der Waals surface area contributed by atoms with Gasteiger partial charge in [-0.3, -0.25) is 4.90 Å². The van der Waals surface area contributed by atoms with Crippen LogP contribution in [0.15, 0.2) is 24.4 Å². The maximum atomic E-state index is 9.87. The van der Waals surface area contributed by atoms with Gasteiger partial charge in [-0.25, -0.2) is 4.98 Å². The highest BCUT2D eigenvalue weighted by Crippen LogP contribution is 2.36. The van der Waals surface area contributed by atoms with Crippen LogP contribution in [0.2, 0.25) is 0 Å². The number of aromatic nitrogens is 2. The monoisotopic (exact) mass is 398 g/mol. The lowest BCUT2D eigenvalue weighted by Gasteiger charge is -2.57. The van der Waals surface area contributed by atoms with Gasteiger partial charge in [-0.05, 0) is 25.8 Å². The molecule has 0 aliphatic carbocycles. The number of piperidine rings is 1. The molecule has 3 N–H and O–H groups in total. The molecular formula is C21H28N5O3. The Balaban J connectivity index is 1.39. The average Bonchev–Trinajstić information content (AvgIpc) is 2.70. The molecule has 3 fully saturated rings. The number of hydrogen-bond donors (Lipinski definition) is 2. The van der Waals surface area contributed by atoms with Crippen molar-refractivity contribution in [2.24, 2.45) is 0 Å². The molecule has 2 atom stereocenters. The zero-order chi connectivity index (χ0) is 20.6. The van der Waals surface area contributed by atoms with E-state index in [4.69, 9.17) is 15.2 Å². The van der Waals surface area contributed by atoms with Gasteiger partial charge in [-0.15, -0.1) is 0 Å². The molecule has 5 heterocycles. The molecule has 3 aliphatic rings. The highest BCUT2D eigenvalue weighted by atomic mass is 16.5. The minimum absolute atomic E-state index is 0.151. The Kier molecular flexibility index (Phi) is 5.23. The molecule has 1 radical (unpaired) electrons. The van der Waals surface area contributed by atoms with Crippen LogP contribution >= 0.6 is 0 Å². The van der Waals surface area contributed by atoms with Gasteiger partial charge in [-0.2, -0.15) is 4.98 Å². The Morgan fingerprint density at radius 2 is 2.03 bits per heavy atom. The first kappa shape index (κ1) is 19.7. The van der Waals surface area contributed by atoms with Crippen molar-refractivity contribution >= 4 is 11.5 Å². The minimum Gasteiger partial charge on any atom is -0.481 e. The lowest BCUT2D eigenvalue weighted by atomic mass is 9.86. The largest absolute Gasteiger partial charge is 0.481 e. The second-order valence-electron chi connectivity index (χ2n) is 8.42. The number of aliphatic hydroxyl groups is 1. The Bertz CT molecular complexity index is 840. The number of nitrogen functional groups attached to an aromatic ring is 1. The van der Waals surface area contributed by atoms with Crippen LogP contribution in [0.25, 0.3) is 0 Å². The summed E-state index contributed by atoms with van der Waals surface area (Å²) >= 11 is 0.